The molecule has 2 aliphatic heterocycles. The van der Waals surface area contributed by atoms with Gasteiger partial charge in [-0.1, -0.05) is 24.3 Å². The molecule has 0 radical (unpaired) electrons. The highest BCUT2D eigenvalue weighted by Gasteiger charge is 2.57. The van der Waals surface area contributed by atoms with Crippen LogP contribution in [0.1, 0.15) is 37.3 Å². The minimum atomic E-state index is -0.787. The number of likely N-dealkylation sites (tertiary alicyclic amines) is 1. The molecule has 2 fully saturated rings. The fraction of sp³-hybridized carbons (Fsp3) is 0.464. The summed E-state index contributed by atoms with van der Waals surface area (Å²) in [5.41, 5.74) is 2.59. The van der Waals surface area contributed by atoms with Crippen molar-refractivity contribution in [2.75, 3.05) is 33.4 Å². The van der Waals surface area contributed by atoms with Gasteiger partial charge in [0.2, 0.25) is 0 Å². The summed E-state index contributed by atoms with van der Waals surface area (Å²) in [6.45, 7) is 4.93. The Morgan fingerprint density at radius 1 is 1.14 bits per heavy atom. The molecule has 2 aromatic heterocycles. The summed E-state index contributed by atoms with van der Waals surface area (Å²) in [6, 6.07) is 12.3. The van der Waals surface area contributed by atoms with E-state index in [1.54, 1.807) is 24.4 Å². The van der Waals surface area contributed by atoms with Gasteiger partial charge in [0.25, 0.3) is 5.91 Å². The number of fused-ring (bicyclic) bond motifs is 1. The van der Waals surface area contributed by atoms with Crippen molar-refractivity contribution in [1.82, 2.24) is 24.7 Å². The zero-order valence-corrected chi connectivity index (χ0v) is 21.2. The molecule has 36 heavy (non-hydrogen) atoms. The van der Waals surface area contributed by atoms with Crippen molar-refractivity contribution < 1.29 is 14.3 Å². The predicted molar refractivity (Wildman–Crippen MR) is 138 cm³/mol. The first kappa shape index (κ1) is 24.5. The number of carbonyl (C=O) groups excluding carboxylic acids is 2. The molecule has 0 saturated carbocycles. The van der Waals surface area contributed by atoms with Gasteiger partial charge in [0, 0.05) is 62.3 Å². The Hall–Kier alpha value is -3.23. The Balaban J connectivity index is 1.25. The third-order valence-corrected chi connectivity index (χ3v) is 7.96. The summed E-state index contributed by atoms with van der Waals surface area (Å²) in [4.78, 5) is 40.3. The van der Waals surface area contributed by atoms with Crippen LogP contribution in [0.2, 0.25) is 0 Å². The number of urea groups is 1. The summed E-state index contributed by atoms with van der Waals surface area (Å²) >= 11 is 0. The molecule has 1 atom stereocenters. The van der Waals surface area contributed by atoms with Crippen LogP contribution in [0.3, 0.4) is 0 Å². The van der Waals surface area contributed by atoms with E-state index >= 15 is 0 Å². The number of H-pyrrole nitrogens is 1. The molecule has 1 spiro atoms. The van der Waals surface area contributed by atoms with Crippen molar-refractivity contribution in [3.05, 3.63) is 66.1 Å². The molecule has 4 heterocycles. The second kappa shape index (κ2) is 10.4. The second-order valence-electron chi connectivity index (χ2n) is 9.99. The highest BCUT2D eigenvalue weighted by molar-refractivity contribution is 6.07. The summed E-state index contributed by atoms with van der Waals surface area (Å²) in [6.07, 6.45) is 8.85. The first-order valence-corrected chi connectivity index (χ1v) is 12.8. The average Bonchev–Trinajstić information content (AvgIpc) is 3.40. The maximum Gasteiger partial charge on any atom is 0.328 e. The van der Waals surface area contributed by atoms with Crippen molar-refractivity contribution >= 4 is 22.8 Å². The van der Waals surface area contributed by atoms with Gasteiger partial charge in [0.1, 0.15) is 5.54 Å². The molecule has 1 N–H and O–H groups in total. The zero-order chi connectivity index (χ0) is 25.1. The van der Waals surface area contributed by atoms with Gasteiger partial charge in [-0.2, -0.15) is 0 Å². The first-order valence-electron chi connectivity index (χ1n) is 12.8. The molecule has 8 nitrogen and oxygen atoms in total. The Bertz CT molecular complexity index is 1200. The highest BCUT2D eigenvalue weighted by atomic mass is 16.5. The second-order valence-corrected chi connectivity index (χ2v) is 9.99. The summed E-state index contributed by atoms with van der Waals surface area (Å²) in [5.74, 6) is -0.0847. The molecule has 1 aromatic carbocycles. The first-order chi connectivity index (χ1) is 17.5. The standard InChI is InChI=1S/C28H35N5O3/c1-21(9-10-23-19-30-25-8-4-3-7-24(23)25)31-14-11-28(12-15-31)26(34)32(20-22-6-5-13-29-18-22)27(35)33(28)16-17-36-2/h3-8,13,18-19,21,30H,9-12,14-17,20H2,1-2H3/t21-/m1/s1. The molecule has 0 unspecified atom stereocenters. The van der Waals surface area contributed by atoms with E-state index < -0.39 is 5.54 Å². The molecule has 3 amide bonds. The lowest BCUT2D eigenvalue weighted by molar-refractivity contribution is -0.136. The Morgan fingerprint density at radius 3 is 2.69 bits per heavy atom. The van der Waals surface area contributed by atoms with Crippen LogP contribution in [0, 0.1) is 0 Å². The number of methoxy groups -OCH3 is 1. The molecule has 0 aliphatic carbocycles. The van der Waals surface area contributed by atoms with E-state index in [1.165, 1.54) is 21.4 Å². The minimum Gasteiger partial charge on any atom is -0.383 e. The fourth-order valence-electron chi connectivity index (χ4n) is 5.79. The monoisotopic (exact) mass is 489 g/mol. The molecule has 3 aromatic rings. The number of aromatic amines is 1. The van der Waals surface area contributed by atoms with Crippen LogP contribution in [-0.4, -0.2) is 81.5 Å². The Kier molecular flexibility index (Phi) is 7.07. The van der Waals surface area contributed by atoms with Crippen molar-refractivity contribution in [3.63, 3.8) is 0 Å². The third-order valence-electron chi connectivity index (χ3n) is 7.96. The quantitative estimate of drug-likeness (QED) is 0.462. The number of hydrogen-bond donors (Lipinski definition) is 1. The third kappa shape index (κ3) is 4.51. The zero-order valence-electron chi connectivity index (χ0n) is 21.2. The number of aromatic nitrogens is 2. The lowest BCUT2D eigenvalue weighted by Gasteiger charge is -2.44. The molecular weight excluding hydrogens is 454 g/mol. The maximum absolute atomic E-state index is 13.7. The van der Waals surface area contributed by atoms with Gasteiger partial charge >= 0.3 is 6.03 Å². The largest absolute Gasteiger partial charge is 0.383 e. The number of aryl methyl sites for hydroxylation is 1. The number of imide groups is 1. The van der Waals surface area contributed by atoms with E-state index in [4.69, 9.17) is 4.74 Å². The van der Waals surface area contributed by atoms with Gasteiger partial charge in [0.15, 0.2) is 0 Å². The number of hydrogen-bond acceptors (Lipinski definition) is 5. The lowest BCUT2D eigenvalue weighted by atomic mass is 9.85. The number of rotatable bonds is 9. The van der Waals surface area contributed by atoms with E-state index in [2.05, 4.69) is 52.3 Å². The lowest BCUT2D eigenvalue weighted by Crippen LogP contribution is -2.58. The molecule has 2 aliphatic rings. The van der Waals surface area contributed by atoms with Crippen LogP contribution in [0.5, 0.6) is 0 Å². The highest BCUT2D eigenvalue weighted by Crippen LogP contribution is 2.38. The molecule has 2 saturated heterocycles. The number of benzene rings is 1. The average molecular weight is 490 g/mol. The summed E-state index contributed by atoms with van der Waals surface area (Å²) in [7, 11) is 1.63. The summed E-state index contributed by atoms with van der Waals surface area (Å²) < 4.78 is 5.29. The molecular formula is C28H35N5O3. The Morgan fingerprint density at radius 2 is 1.94 bits per heavy atom. The van der Waals surface area contributed by atoms with Gasteiger partial charge in [-0.3, -0.25) is 14.7 Å². The van der Waals surface area contributed by atoms with Gasteiger partial charge in [-0.05, 0) is 55.9 Å². The van der Waals surface area contributed by atoms with Crippen LogP contribution in [-0.2, 0) is 22.5 Å². The minimum absolute atomic E-state index is 0.0847. The number of ether oxygens (including phenoxy) is 1. The maximum atomic E-state index is 13.7. The predicted octanol–water partition coefficient (Wildman–Crippen LogP) is 3.83. The number of nitrogens with zero attached hydrogens (tertiary/aromatic N) is 4. The normalized spacial score (nSPS) is 19.1. The van der Waals surface area contributed by atoms with Gasteiger partial charge < -0.3 is 19.5 Å². The number of carbonyl (C=O) groups is 2. The molecule has 5 rings (SSSR count). The van der Waals surface area contributed by atoms with Crippen LogP contribution >= 0.6 is 0 Å². The topological polar surface area (TPSA) is 81.8 Å². The number of para-hydroxylation sites is 1. The van der Waals surface area contributed by atoms with Crippen molar-refractivity contribution in [1.29, 1.82) is 0 Å². The van der Waals surface area contributed by atoms with Gasteiger partial charge in [-0.15, -0.1) is 0 Å². The van der Waals surface area contributed by atoms with E-state index in [-0.39, 0.29) is 18.5 Å². The Labute approximate surface area is 212 Å². The summed E-state index contributed by atoms with van der Waals surface area (Å²) in [5, 5.41) is 1.29. The van der Waals surface area contributed by atoms with E-state index in [0.29, 0.717) is 32.0 Å². The van der Waals surface area contributed by atoms with Crippen molar-refractivity contribution in [2.24, 2.45) is 0 Å². The van der Waals surface area contributed by atoms with Crippen molar-refractivity contribution in [2.45, 2.75) is 50.7 Å². The van der Waals surface area contributed by atoms with E-state index in [1.807, 2.05) is 12.1 Å². The SMILES string of the molecule is COCCN1C(=O)N(Cc2cccnc2)C(=O)C12CCN([C@H](C)CCc1c[nH]c3ccccc13)CC2. The van der Waals surface area contributed by atoms with Crippen molar-refractivity contribution in [3.8, 4) is 0 Å². The number of amides is 3. The molecule has 8 heteroatoms. The van der Waals surface area contributed by atoms with Gasteiger partial charge in [0.05, 0.1) is 13.2 Å². The molecule has 190 valence electrons. The molecule has 0 bridgehead atoms. The van der Waals surface area contributed by atoms with Crippen LogP contribution in [0.25, 0.3) is 10.9 Å². The number of nitrogens with one attached hydrogen (secondary N) is 1. The van der Waals surface area contributed by atoms with Gasteiger partial charge in [-0.25, -0.2) is 4.79 Å². The smallest absolute Gasteiger partial charge is 0.328 e. The van der Waals surface area contributed by atoms with E-state index in [9.17, 15) is 9.59 Å². The van der Waals surface area contributed by atoms with Crippen LogP contribution in [0.4, 0.5) is 4.79 Å². The van der Waals surface area contributed by atoms with Crippen LogP contribution in [0.15, 0.2) is 55.0 Å². The number of pyridine rings is 1. The fourth-order valence-corrected chi connectivity index (χ4v) is 5.79. The number of piperidine rings is 1. The van der Waals surface area contributed by atoms with Crippen LogP contribution < -0.4 is 0 Å². The van der Waals surface area contributed by atoms with E-state index in [0.717, 1.165) is 31.5 Å².